The number of ether oxygens (including phenoxy) is 4. The van der Waals surface area contributed by atoms with Gasteiger partial charge in [-0.25, -0.2) is 9.59 Å². The van der Waals surface area contributed by atoms with Crippen molar-refractivity contribution in [3.05, 3.63) is 47.5 Å². The Hall–Kier alpha value is -3.46. The predicted octanol–water partition coefficient (Wildman–Crippen LogP) is 2.17. The first-order chi connectivity index (χ1) is 13.9. The molecule has 0 bridgehead atoms. The van der Waals surface area contributed by atoms with Gasteiger partial charge in [0.25, 0.3) is 0 Å². The fourth-order valence-electron chi connectivity index (χ4n) is 2.43. The Balaban J connectivity index is 0.000000612. The quantitative estimate of drug-likeness (QED) is 0.565. The summed E-state index contributed by atoms with van der Waals surface area (Å²) >= 11 is 0. The first kappa shape index (κ1) is 23.6. The van der Waals surface area contributed by atoms with Crippen LogP contribution in [0, 0.1) is 0 Å². The van der Waals surface area contributed by atoms with Crippen LogP contribution in [0.15, 0.2) is 36.4 Å². The van der Waals surface area contributed by atoms with Crippen LogP contribution in [0.5, 0.6) is 23.0 Å². The summed E-state index contributed by atoms with van der Waals surface area (Å²) in [7, 11) is 6.50. The highest BCUT2D eigenvalue weighted by Crippen LogP contribution is 2.38. The van der Waals surface area contributed by atoms with Crippen LogP contribution in [0.25, 0.3) is 0 Å². The average Bonchev–Trinajstić information content (AvgIpc) is 2.73. The number of para-hydroxylation sites is 1. The zero-order valence-corrected chi connectivity index (χ0v) is 16.7. The third-order valence-corrected chi connectivity index (χ3v) is 3.74. The van der Waals surface area contributed by atoms with Gasteiger partial charge in [0.05, 0.1) is 28.4 Å². The number of hydrogen-bond donors (Lipinski definition) is 3. The highest BCUT2D eigenvalue weighted by atomic mass is 16.5. The maximum atomic E-state index is 9.10. The average molecular weight is 407 g/mol. The topological polar surface area (TPSA) is 124 Å². The minimum atomic E-state index is -1.82. The van der Waals surface area contributed by atoms with E-state index in [-0.39, 0.29) is 0 Å². The number of rotatable bonds is 8. The monoisotopic (exact) mass is 407 g/mol. The Kier molecular flexibility index (Phi) is 9.83. The van der Waals surface area contributed by atoms with Crippen molar-refractivity contribution < 1.29 is 38.7 Å². The Morgan fingerprint density at radius 2 is 1.31 bits per heavy atom. The predicted molar refractivity (Wildman–Crippen MR) is 105 cm³/mol. The van der Waals surface area contributed by atoms with Gasteiger partial charge in [-0.2, -0.15) is 0 Å². The van der Waals surface area contributed by atoms with Crippen molar-refractivity contribution in [2.24, 2.45) is 0 Å². The van der Waals surface area contributed by atoms with Crippen molar-refractivity contribution in [1.29, 1.82) is 0 Å². The molecule has 0 fully saturated rings. The summed E-state index contributed by atoms with van der Waals surface area (Å²) in [6, 6.07) is 11.8. The highest BCUT2D eigenvalue weighted by Gasteiger charge is 2.13. The van der Waals surface area contributed by atoms with E-state index in [1.807, 2.05) is 36.4 Å². The second kappa shape index (κ2) is 12.1. The smallest absolute Gasteiger partial charge is 0.414 e. The van der Waals surface area contributed by atoms with Gasteiger partial charge in [0.2, 0.25) is 5.75 Å². The van der Waals surface area contributed by atoms with Gasteiger partial charge in [-0.15, -0.1) is 0 Å². The lowest BCUT2D eigenvalue weighted by Crippen LogP contribution is -2.13. The van der Waals surface area contributed by atoms with Crippen LogP contribution in [-0.4, -0.2) is 50.6 Å². The summed E-state index contributed by atoms with van der Waals surface area (Å²) in [5.74, 6) is -0.861. The van der Waals surface area contributed by atoms with Gasteiger partial charge < -0.3 is 34.5 Å². The maximum Gasteiger partial charge on any atom is 0.414 e. The van der Waals surface area contributed by atoms with Gasteiger partial charge in [0.1, 0.15) is 5.75 Å². The number of benzene rings is 2. The van der Waals surface area contributed by atoms with Crippen LogP contribution < -0.4 is 24.3 Å². The molecule has 0 radical (unpaired) electrons. The molecule has 9 heteroatoms. The van der Waals surface area contributed by atoms with E-state index in [2.05, 4.69) is 5.32 Å². The van der Waals surface area contributed by atoms with Crippen molar-refractivity contribution in [3.63, 3.8) is 0 Å². The summed E-state index contributed by atoms with van der Waals surface area (Å²) in [6.07, 6.45) is 0. The van der Waals surface area contributed by atoms with Crippen LogP contribution in [-0.2, 0) is 22.7 Å². The van der Waals surface area contributed by atoms with Crippen LogP contribution >= 0.6 is 0 Å². The lowest BCUT2D eigenvalue weighted by atomic mass is 10.1. The molecule has 0 heterocycles. The minimum absolute atomic E-state index is 0.600. The van der Waals surface area contributed by atoms with Crippen molar-refractivity contribution in [3.8, 4) is 23.0 Å². The minimum Gasteiger partial charge on any atom is -0.496 e. The molecule has 0 saturated heterocycles. The molecule has 2 rings (SSSR count). The Bertz CT molecular complexity index is 785. The lowest BCUT2D eigenvalue weighted by Gasteiger charge is -2.15. The maximum absolute atomic E-state index is 9.10. The first-order valence-electron chi connectivity index (χ1n) is 8.45. The summed E-state index contributed by atoms with van der Waals surface area (Å²) in [5.41, 5.74) is 2.16. The molecule has 0 aromatic heterocycles. The van der Waals surface area contributed by atoms with Crippen LogP contribution in [0.4, 0.5) is 0 Å². The number of aliphatic carboxylic acids is 2. The van der Waals surface area contributed by atoms with E-state index >= 15 is 0 Å². The fraction of sp³-hybridized carbons (Fsp3) is 0.300. The molecule has 2 aromatic carbocycles. The molecule has 0 aliphatic carbocycles. The van der Waals surface area contributed by atoms with Crippen LogP contribution in [0.2, 0.25) is 0 Å². The summed E-state index contributed by atoms with van der Waals surface area (Å²) < 4.78 is 21.4. The lowest BCUT2D eigenvalue weighted by molar-refractivity contribution is -0.159. The van der Waals surface area contributed by atoms with Gasteiger partial charge in [-0.3, -0.25) is 0 Å². The molecule has 0 aliphatic rings. The van der Waals surface area contributed by atoms with Crippen molar-refractivity contribution in [2.45, 2.75) is 13.1 Å². The molecule has 2 aromatic rings. The second-order valence-electron chi connectivity index (χ2n) is 5.56. The molecular weight excluding hydrogens is 382 g/mol. The molecule has 158 valence electrons. The number of carbonyl (C=O) groups is 2. The SMILES string of the molecule is COc1ccccc1CNCc1cc(OC)c(OC)c(OC)c1.O=C(O)C(=O)O. The zero-order chi connectivity index (χ0) is 21.8. The Labute approximate surface area is 168 Å². The van der Waals surface area contributed by atoms with E-state index in [4.69, 9.17) is 38.7 Å². The van der Waals surface area contributed by atoms with Gasteiger partial charge in [-0.1, -0.05) is 18.2 Å². The summed E-state index contributed by atoms with van der Waals surface area (Å²) in [5, 5.41) is 18.2. The summed E-state index contributed by atoms with van der Waals surface area (Å²) in [4.78, 5) is 18.2. The largest absolute Gasteiger partial charge is 0.496 e. The van der Waals surface area contributed by atoms with E-state index in [1.54, 1.807) is 28.4 Å². The Morgan fingerprint density at radius 1 is 0.793 bits per heavy atom. The standard InChI is InChI=1S/C18H23NO4.C2H2O4/c1-20-15-8-6-5-7-14(15)12-19-11-13-9-16(21-2)18(23-4)17(10-13)22-3;3-1(4)2(5)6/h5-10,19H,11-12H2,1-4H3;(H,3,4)(H,5,6). The van der Waals surface area contributed by atoms with Crippen LogP contribution in [0.1, 0.15) is 11.1 Å². The Morgan fingerprint density at radius 3 is 1.76 bits per heavy atom. The highest BCUT2D eigenvalue weighted by molar-refractivity contribution is 6.27. The molecule has 9 nitrogen and oxygen atoms in total. The van der Waals surface area contributed by atoms with Crippen molar-refractivity contribution in [1.82, 2.24) is 5.32 Å². The molecular formula is C20H25NO8. The van der Waals surface area contributed by atoms with E-state index in [9.17, 15) is 0 Å². The van der Waals surface area contributed by atoms with E-state index in [0.29, 0.717) is 30.3 Å². The van der Waals surface area contributed by atoms with Crippen molar-refractivity contribution in [2.75, 3.05) is 28.4 Å². The number of hydrogen-bond acceptors (Lipinski definition) is 7. The van der Waals surface area contributed by atoms with Gasteiger partial charge in [0, 0.05) is 18.7 Å². The number of carboxylic acids is 2. The van der Waals surface area contributed by atoms with E-state index in [1.165, 1.54) is 0 Å². The fourth-order valence-corrected chi connectivity index (χ4v) is 2.43. The second-order valence-corrected chi connectivity index (χ2v) is 5.56. The van der Waals surface area contributed by atoms with E-state index < -0.39 is 11.9 Å². The first-order valence-corrected chi connectivity index (χ1v) is 8.45. The van der Waals surface area contributed by atoms with Crippen LogP contribution in [0.3, 0.4) is 0 Å². The number of nitrogens with one attached hydrogen (secondary N) is 1. The molecule has 3 N–H and O–H groups in total. The molecule has 0 amide bonds. The third-order valence-electron chi connectivity index (χ3n) is 3.74. The van der Waals surface area contributed by atoms with Gasteiger partial charge in [-0.05, 0) is 23.8 Å². The van der Waals surface area contributed by atoms with Crippen molar-refractivity contribution >= 4 is 11.9 Å². The summed E-state index contributed by atoms with van der Waals surface area (Å²) in [6.45, 7) is 1.38. The van der Waals surface area contributed by atoms with Gasteiger partial charge in [0.15, 0.2) is 11.5 Å². The number of methoxy groups -OCH3 is 4. The molecule has 29 heavy (non-hydrogen) atoms. The molecule has 0 unspecified atom stereocenters. The normalized spacial score (nSPS) is 9.66. The molecule has 0 atom stereocenters. The molecule has 0 saturated carbocycles. The molecule has 0 spiro atoms. The number of carboxylic acid groups (broad SMARTS) is 2. The molecule has 0 aliphatic heterocycles. The van der Waals surface area contributed by atoms with Gasteiger partial charge >= 0.3 is 11.9 Å². The third kappa shape index (κ3) is 7.23. The van der Waals surface area contributed by atoms with E-state index in [0.717, 1.165) is 16.9 Å². The zero-order valence-electron chi connectivity index (χ0n) is 16.7.